The van der Waals surface area contributed by atoms with Crippen molar-refractivity contribution in [1.29, 1.82) is 0 Å². The van der Waals surface area contributed by atoms with Crippen LogP contribution < -0.4 is 4.74 Å². The van der Waals surface area contributed by atoms with Gasteiger partial charge in [0.05, 0.1) is 7.11 Å². The van der Waals surface area contributed by atoms with E-state index in [4.69, 9.17) is 4.74 Å². The lowest BCUT2D eigenvalue weighted by Gasteiger charge is -2.13. The lowest BCUT2D eigenvalue weighted by molar-refractivity contribution is 0.416. The van der Waals surface area contributed by atoms with Gasteiger partial charge in [-0.05, 0) is 42.7 Å². The predicted octanol–water partition coefficient (Wildman–Crippen LogP) is 4.74. The van der Waals surface area contributed by atoms with E-state index < -0.39 is 0 Å². The molecule has 2 aromatic rings. The van der Waals surface area contributed by atoms with Crippen molar-refractivity contribution in [3.8, 4) is 16.9 Å². The molecule has 2 aromatic carbocycles. The van der Waals surface area contributed by atoms with Gasteiger partial charge in [0, 0.05) is 10.0 Å². The minimum Gasteiger partial charge on any atom is -0.496 e. The highest BCUT2D eigenvalue weighted by molar-refractivity contribution is 9.10. The Morgan fingerprint density at radius 3 is 2.29 bits per heavy atom. The maximum absolute atomic E-state index is 5.41. The first kappa shape index (κ1) is 12.2. The molecule has 0 aliphatic carbocycles. The summed E-state index contributed by atoms with van der Waals surface area (Å²) in [6.07, 6.45) is 0. The SMILES string of the molecule is COc1ccccc1-c1ccc(Br)c(C)c1C. The fourth-order valence-corrected chi connectivity index (χ4v) is 2.38. The van der Waals surface area contributed by atoms with Crippen LogP contribution in [0.5, 0.6) is 5.75 Å². The summed E-state index contributed by atoms with van der Waals surface area (Å²) in [5, 5.41) is 0. The molecule has 0 saturated heterocycles. The summed E-state index contributed by atoms with van der Waals surface area (Å²) in [5.74, 6) is 0.914. The summed E-state index contributed by atoms with van der Waals surface area (Å²) < 4.78 is 6.56. The molecule has 0 bridgehead atoms. The van der Waals surface area contributed by atoms with Crippen molar-refractivity contribution in [1.82, 2.24) is 0 Å². The lowest BCUT2D eigenvalue weighted by Crippen LogP contribution is -1.92. The molecule has 0 spiro atoms. The second kappa shape index (κ2) is 4.92. The fourth-order valence-electron chi connectivity index (χ4n) is 1.95. The summed E-state index contributed by atoms with van der Waals surface area (Å²) in [4.78, 5) is 0. The Bertz CT molecular complexity index is 547. The van der Waals surface area contributed by atoms with Gasteiger partial charge in [-0.25, -0.2) is 0 Å². The number of para-hydroxylation sites is 1. The second-order valence-corrected chi connectivity index (χ2v) is 4.90. The van der Waals surface area contributed by atoms with Crippen molar-refractivity contribution in [2.75, 3.05) is 7.11 Å². The van der Waals surface area contributed by atoms with Crippen LogP contribution in [0.15, 0.2) is 40.9 Å². The Balaban J connectivity index is 2.65. The van der Waals surface area contributed by atoms with Crippen molar-refractivity contribution in [2.24, 2.45) is 0 Å². The van der Waals surface area contributed by atoms with Crippen molar-refractivity contribution in [3.63, 3.8) is 0 Å². The first-order chi connectivity index (χ1) is 8.15. The first-order valence-corrected chi connectivity index (χ1v) is 6.33. The number of ether oxygens (including phenoxy) is 1. The van der Waals surface area contributed by atoms with Gasteiger partial charge >= 0.3 is 0 Å². The number of hydrogen-bond donors (Lipinski definition) is 0. The molecule has 0 aromatic heterocycles. The van der Waals surface area contributed by atoms with Crippen LogP contribution in [0.3, 0.4) is 0 Å². The van der Waals surface area contributed by atoms with Gasteiger partial charge in [0.1, 0.15) is 5.75 Å². The molecular weight excluding hydrogens is 276 g/mol. The summed E-state index contributed by atoms with van der Waals surface area (Å²) in [5.41, 5.74) is 4.92. The van der Waals surface area contributed by atoms with Crippen LogP contribution in [0.4, 0.5) is 0 Å². The highest BCUT2D eigenvalue weighted by Crippen LogP contribution is 2.35. The van der Waals surface area contributed by atoms with E-state index in [1.807, 2.05) is 18.2 Å². The fraction of sp³-hybridized carbons (Fsp3) is 0.200. The van der Waals surface area contributed by atoms with Crippen molar-refractivity contribution in [2.45, 2.75) is 13.8 Å². The van der Waals surface area contributed by atoms with Gasteiger partial charge in [-0.15, -0.1) is 0 Å². The molecule has 0 saturated carbocycles. The molecule has 2 rings (SSSR count). The van der Waals surface area contributed by atoms with Gasteiger partial charge in [-0.2, -0.15) is 0 Å². The van der Waals surface area contributed by atoms with Crippen molar-refractivity contribution >= 4 is 15.9 Å². The standard InChI is InChI=1S/C15H15BrO/c1-10-11(2)14(16)9-8-12(10)13-6-4-5-7-15(13)17-3/h4-9H,1-3H3. The summed E-state index contributed by atoms with van der Waals surface area (Å²) >= 11 is 3.56. The highest BCUT2D eigenvalue weighted by Gasteiger charge is 2.10. The Labute approximate surface area is 111 Å². The zero-order valence-electron chi connectivity index (χ0n) is 10.3. The minimum absolute atomic E-state index is 0.914. The zero-order valence-corrected chi connectivity index (χ0v) is 11.8. The minimum atomic E-state index is 0.914. The molecule has 0 radical (unpaired) electrons. The van der Waals surface area contributed by atoms with Gasteiger partial charge in [-0.1, -0.05) is 40.2 Å². The van der Waals surface area contributed by atoms with Gasteiger partial charge in [0.15, 0.2) is 0 Å². The Morgan fingerprint density at radius 1 is 0.882 bits per heavy atom. The van der Waals surface area contributed by atoms with Gasteiger partial charge in [-0.3, -0.25) is 0 Å². The zero-order chi connectivity index (χ0) is 12.4. The van der Waals surface area contributed by atoms with Crippen LogP contribution in [-0.4, -0.2) is 7.11 Å². The summed E-state index contributed by atoms with van der Waals surface area (Å²) in [6.45, 7) is 4.26. The molecule has 1 nitrogen and oxygen atoms in total. The van der Waals surface area contributed by atoms with E-state index >= 15 is 0 Å². The van der Waals surface area contributed by atoms with Crippen molar-refractivity contribution in [3.05, 3.63) is 52.0 Å². The number of halogens is 1. The van der Waals surface area contributed by atoms with Gasteiger partial charge < -0.3 is 4.74 Å². The normalized spacial score (nSPS) is 10.4. The maximum atomic E-state index is 5.41. The largest absolute Gasteiger partial charge is 0.496 e. The van der Waals surface area contributed by atoms with Crippen LogP contribution in [0.2, 0.25) is 0 Å². The molecule has 88 valence electrons. The van der Waals surface area contributed by atoms with Crippen LogP contribution in [0.25, 0.3) is 11.1 Å². The van der Waals surface area contributed by atoms with Crippen LogP contribution >= 0.6 is 15.9 Å². The monoisotopic (exact) mass is 290 g/mol. The Kier molecular flexibility index (Phi) is 3.53. The van der Waals surface area contributed by atoms with Crippen LogP contribution in [0.1, 0.15) is 11.1 Å². The number of methoxy groups -OCH3 is 1. The van der Waals surface area contributed by atoms with E-state index in [2.05, 4.69) is 48.0 Å². The molecule has 0 heterocycles. The molecule has 17 heavy (non-hydrogen) atoms. The topological polar surface area (TPSA) is 9.23 Å². The van der Waals surface area contributed by atoms with Gasteiger partial charge in [0.25, 0.3) is 0 Å². The molecule has 0 amide bonds. The Hall–Kier alpha value is -1.28. The average molecular weight is 291 g/mol. The number of benzene rings is 2. The molecule has 0 unspecified atom stereocenters. The third-order valence-corrected chi connectivity index (χ3v) is 3.98. The maximum Gasteiger partial charge on any atom is 0.126 e. The van der Waals surface area contributed by atoms with E-state index in [9.17, 15) is 0 Å². The quantitative estimate of drug-likeness (QED) is 0.776. The molecule has 0 aliphatic rings. The average Bonchev–Trinajstić information content (AvgIpc) is 2.36. The molecular formula is C15H15BrO. The molecule has 0 fully saturated rings. The lowest BCUT2D eigenvalue weighted by atomic mass is 9.96. The first-order valence-electron chi connectivity index (χ1n) is 5.54. The summed E-state index contributed by atoms with van der Waals surface area (Å²) in [7, 11) is 1.71. The highest BCUT2D eigenvalue weighted by atomic mass is 79.9. The molecule has 0 aliphatic heterocycles. The van der Waals surface area contributed by atoms with E-state index in [0.29, 0.717) is 0 Å². The van der Waals surface area contributed by atoms with E-state index in [1.54, 1.807) is 7.11 Å². The summed E-state index contributed by atoms with van der Waals surface area (Å²) in [6, 6.07) is 12.3. The third kappa shape index (κ3) is 2.22. The Morgan fingerprint density at radius 2 is 1.59 bits per heavy atom. The molecule has 2 heteroatoms. The van der Waals surface area contributed by atoms with E-state index in [1.165, 1.54) is 16.7 Å². The van der Waals surface area contributed by atoms with Gasteiger partial charge in [0.2, 0.25) is 0 Å². The predicted molar refractivity (Wildman–Crippen MR) is 75.6 cm³/mol. The second-order valence-electron chi connectivity index (χ2n) is 4.05. The molecule has 0 N–H and O–H groups in total. The number of rotatable bonds is 2. The van der Waals surface area contributed by atoms with Crippen LogP contribution in [0, 0.1) is 13.8 Å². The number of hydrogen-bond acceptors (Lipinski definition) is 1. The van der Waals surface area contributed by atoms with E-state index in [-0.39, 0.29) is 0 Å². The molecule has 0 atom stereocenters. The third-order valence-electron chi connectivity index (χ3n) is 3.12. The van der Waals surface area contributed by atoms with Crippen LogP contribution in [-0.2, 0) is 0 Å². The smallest absolute Gasteiger partial charge is 0.126 e. The van der Waals surface area contributed by atoms with Crippen molar-refractivity contribution < 1.29 is 4.74 Å². The van der Waals surface area contributed by atoms with E-state index in [0.717, 1.165) is 15.8 Å².